The Hall–Kier alpha value is -3.53. The third-order valence-corrected chi connectivity index (χ3v) is 6.52. The van der Waals surface area contributed by atoms with Gasteiger partial charge in [-0.3, -0.25) is 24.1 Å². The van der Waals surface area contributed by atoms with Gasteiger partial charge in [-0.1, -0.05) is 12.1 Å². The van der Waals surface area contributed by atoms with E-state index >= 15 is 0 Å². The molecular weight excluding hydrogens is 424 g/mol. The summed E-state index contributed by atoms with van der Waals surface area (Å²) >= 11 is 1.17. The summed E-state index contributed by atoms with van der Waals surface area (Å²) in [6, 6.07) is 6.33. The van der Waals surface area contributed by atoms with Gasteiger partial charge in [0.05, 0.1) is 36.8 Å². The molecule has 0 radical (unpaired) electrons. The number of thiophene rings is 1. The van der Waals surface area contributed by atoms with Crippen LogP contribution in [0.4, 0.5) is 5.00 Å². The molecule has 0 saturated carbocycles. The average molecular weight is 442 g/mol. The lowest BCUT2D eigenvalue weighted by atomic mass is 9.99. The predicted molar refractivity (Wildman–Crippen MR) is 109 cm³/mol. The van der Waals surface area contributed by atoms with Crippen LogP contribution in [0.15, 0.2) is 24.3 Å². The van der Waals surface area contributed by atoms with Crippen molar-refractivity contribution in [1.29, 1.82) is 0 Å². The van der Waals surface area contributed by atoms with Crippen molar-refractivity contribution in [3.8, 4) is 0 Å². The predicted octanol–water partition coefficient (Wildman–Crippen LogP) is 1.97. The summed E-state index contributed by atoms with van der Waals surface area (Å²) in [5.41, 5.74) is 1.09. The number of imide groups is 1. The highest BCUT2D eigenvalue weighted by Crippen LogP contribution is 2.45. The third-order valence-electron chi connectivity index (χ3n) is 5.34. The molecule has 0 spiro atoms. The van der Waals surface area contributed by atoms with Crippen LogP contribution in [0.1, 0.15) is 53.9 Å². The van der Waals surface area contributed by atoms with Crippen LogP contribution in [0.3, 0.4) is 0 Å². The van der Waals surface area contributed by atoms with Crippen LogP contribution in [-0.2, 0) is 25.5 Å². The molecule has 9 nitrogen and oxygen atoms in total. The van der Waals surface area contributed by atoms with Crippen molar-refractivity contribution in [1.82, 2.24) is 4.90 Å². The van der Waals surface area contributed by atoms with Crippen LogP contribution in [0.2, 0.25) is 0 Å². The number of carbonyl (C=O) groups is 5. The van der Waals surface area contributed by atoms with Crippen LogP contribution in [-0.4, -0.2) is 55.3 Å². The number of aryl methyl sites for hydroxylation is 1. The number of hydrogen-bond acceptors (Lipinski definition) is 8. The van der Waals surface area contributed by atoms with E-state index in [1.165, 1.54) is 37.7 Å². The van der Waals surface area contributed by atoms with E-state index in [1.807, 2.05) is 0 Å². The highest BCUT2D eigenvalue weighted by Gasteiger charge is 2.39. The molecule has 1 aromatic heterocycles. The van der Waals surface area contributed by atoms with E-state index in [-0.39, 0.29) is 21.7 Å². The molecule has 1 aliphatic heterocycles. The van der Waals surface area contributed by atoms with E-state index in [1.54, 1.807) is 12.1 Å². The van der Waals surface area contributed by atoms with Gasteiger partial charge < -0.3 is 14.8 Å². The number of methoxy groups -OCH3 is 2. The SMILES string of the molecule is COC(=O)c1c(NC(=O)CN2C(=O)c3ccccc3C2=O)sc2c1[C@H](C(=O)OC)CC2. The zero-order valence-corrected chi connectivity index (χ0v) is 17.5. The summed E-state index contributed by atoms with van der Waals surface area (Å²) in [6.45, 7) is -0.504. The fourth-order valence-corrected chi connectivity index (χ4v) is 5.21. The zero-order valence-electron chi connectivity index (χ0n) is 16.7. The standard InChI is InChI=1S/C21H18N2O7S/c1-29-20(27)12-7-8-13-15(12)16(21(28)30-2)17(31-13)22-14(24)9-23-18(25)10-5-3-4-6-11(10)19(23)26/h3-6,12H,7-9H2,1-2H3,(H,22,24)/t12-/m1/s1. The first-order valence-electron chi connectivity index (χ1n) is 9.44. The van der Waals surface area contributed by atoms with Crippen LogP contribution in [0, 0.1) is 0 Å². The number of ether oxygens (including phenoxy) is 2. The van der Waals surface area contributed by atoms with Crippen molar-refractivity contribution < 1.29 is 33.4 Å². The van der Waals surface area contributed by atoms with Gasteiger partial charge in [-0.05, 0) is 30.5 Å². The summed E-state index contributed by atoms with van der Waals surface area (Å²) in [5.74, 6) is -3.52. The summed E-state index contributed by atoms with van der Waals surface area (Å²) < 4.78 is 9.70. The van der Waals surface area contributed by atoms with Crippen LogP contribution in [0.5, 0.6) is 0 Å². The monoisotopic (exact) mass is 442 g/mol. The van der Waals surface area contributed by atoms with Gasteiger partial charge in [-0.2, -0.15) is 0 Å². The minimum absolute atomic E-state index is 0.103. The maximum Gasteiger partial charge on any atom is 0.341 e. The van der Waals surface area contributed by atoms with Crippen molar-refractivity contribution in [3.05, 3.63) is 51.4 Å². The molecule has 1 N–H and O–H groups in total. The van der Waals surface area contributed by atoms with Gasteiger partial charge in [0.15, 0.2) is 0 Å². The smallest absolute Gasteiger partial charge is 0.341 e. The molecule has 1 aromatic carbocycles. The first-order valence-corrected chi connectivity index (χ1v) is 10.3. The number of nitrogens with one attached hydrogen (secondary N) is 1. The van der Waals surface area contributed by atoms with Crippen molar-refractivity contribution in [2.45, 2.75) is 18.8 Å². The molecule has 0 saturated heterocycles. The molecule has 2 heterocycles. The van der Waals surface area contributed by atoms with E-state index < -0.39 is 42.1 Å². The van der Waals surface area contributed by atoms with Gasteiger partial charge in [-0.15, -0.1) is 11.3 Å². The molecule has 31 heavy (non-hydrogen) atoms. The molecule has 0 bridgehead atoms. The Balaban J connectivity index is 1.58. The van der Waals surface area contributed by atoms with Crippen LogP contribution < -0.4 is 5.32 Å². The van der Waals surface area contributed by atoms with Crippen molar-refractivity contribution in [2.24, 2.45) is 0 Å². The number of anilines is 1. The number of rotatable bonds is 5. The average Bonchev–Trinajstić information content (AvgIpc) is 3.40. The van der Waals surface area contributed by atoms with Gasteiger partial charge in [0.2, 0.25) is 5.91 Å². The van der Waals surface area contributed by atoms with Crippen molar-refractivity contribution in [2.75, 3.05) is 26.1 Å². The van der Waals surface area contributed by atoms with Crippen molar-refractivity contribution in [3.63, 3.8) is 0 Å². The highest BCUT2D eigenvalue weighted by atomic mass is 32.1. The fourth-order valence-electron chi connectivity index (χ4n) is 3.93. The Morgan fingerprint density at radius 3 is 2.32 bits per heavy atom. The van der Waals surface area contributed by atoms with Crippen LogP contribution >= 0.6 is 11.3 Å². The van der Waals surface area contributed by atoms with Gasteiger partial charge in [0.1, 0.15) is 11.5 Å². The Morgan fingerprint density at radius 2 is 1.74 bits per heavy atom. The second kappa shape index (κ2) is 7.95. The second-order valence-corrected chi connectivity index (χ2v) is 8.14. The number of benzene rings is 1. The Labute approximate surface area is 180 Å². The quantitative estimate of drug-likeness (QED) is 0.555. The van der Waals surface area contributed by atoms with E-state index in [0.717, 1.165) is 9.78 Å². The van der Waals surface area contributed by atoms with Crippen LogP contribution in [0.25, 0.3) is 0 Å². The van der Waals surface area contributed by atoms with E-state index in [9.17, 15) is 24.0 Å². The molecule has 0 unspecified atom stereocenters. The normalized spacial score (nSPS) is 16.7. The third kappa shape index (κ3) is 3.38. The molecule has 3 amide bonds. The first-order chi connectivity index (χ1) is 14.9. The van der Waals surface area contributed by atoms with E-state index in [2.05, 4.69) is 5.32 Å². The van der Waals surface area contributed by atoms with Crippen molar-refractivity contribution >= 4 is 46.0 Å². The lowest BCUT2D eigenvalue weighted by molar-refractivity contribution is -0.142. The fraction of sp³-hybridized carbons (Fsp3) is 0.286. The molecular formula is C21H18N2O7S. The number of amides is 3. The summed E-state index contributed by atoms with van der Waals surface area (Å²) in [7, 11) is 2.48. The van der Waals surface area contributed by atoms with E-state index in [0.29, 0.717) is 18.4 Å². The Bertz CT molecular complexity index is 1100. The molecule has 2 aromatic rings. The lowest BCUT2D eigenvalue weighted by Gasteiger charge is -2.14. The number of carbonyl (C=O) groups excluding carboxylic acids is 5. The summed E-state index contributed by atoms with van der Waals surface area (Å²) in [5, 5.41) is 2.82. The topological polar surface area (TPSA) is 119 Å². The summed E-state index contributed by atoms with van der Waals surface area (Å²) in [6.07, 6.45) is 1.05. The lowest BCUT2D eigenvalue weighted by Crippen LogP contribution is -2.37. The molecule has 2 aliphatic rings. The molecule has 1 aliphatic carbocycles. The maximum absolute atomic E-state index is 12.7. The molecule has 0 fully saturated rings. The molecule has 4 rings (SSSR count). The number of hydrogen-bond donors (Lipinski definition) is 1. The van der Waals surface area contributed by atoms with Gasteiger partial charge in [-0.25, -0.2) is 4.79 Å². The van der Waals surface area contributed by atoms with Gasteiger partial charge >= 0.3 is 11.9 Å². The maximum atomic E-state index is 12.7. The summed E-state index contributed by atoms with van der Waals surface area (Å²) in [4.78, 5) is 63.9. The molecule has 10 heteroatoms. The van der Waals surface area contributed by atoms with E-state index in [4.69, 9.17) is 9.47 Å². The Kier molecular flexibility index (Phi) is 5.32. The molecule has 160 valence electrons. The van der Waals surface area contributed by atoms with Gasteiger partial charge in [0, 0.05) is 4.88 Å². The van der Waals surface area contributed by atoms with Gasteiger partial charge in [0.25, 0.3) is 11.8 Å². The minimum atomic E-state index is -0.690. The molecule has 1 atom stereocenters. The number of esters is 2. The minimum Gasteiger partial charge on any atom is -0.469 e. The first kappa shape index (κ1) is 20.7. The second-order valence-electron chi connectivity index (χ2n) is 7.04. The Morgan fingerprint density at radius 1 is 1.10 bits per heavy atom. The zero-order chi connectivity index (χ0) is 22.3. The largest absolute Gasteiger partial charge is 0.469 e. The number of fused-ring (bicyclic) bond motifs is 2. The highest BCUT2D eigenvalue weighted by molar-refractivity contribution is 7.17. The number of nitrogens with zero attached hydrogens (tertiary/aromatic N) is 1.